The molecule has 1 aliphatic carbocycles. The molecule has 1 aromatic rings. The van der Waals surface area contributed by atoms with Crippen LogP contribution < -0.4 is 5.32 Å². The molecule has 0 spiro atoms. The maximum atomic E-state index is 3.66. The highest BCUT2D eigenvalue weighted by molar-refractivity contribution is 7.10. The molecule has 1 aromatic heterocycles. The van der Waals surface area contributed by atoms with E-state index in [2.05, 4.69) is 28.7 Å². The van der Waals surface area contributed by atoms with E-state index in [1.54, 1.807) is 10.4 Å². The van der Waals surface area contributed by atoms with Crippen LogP contribution >= 0.6 is 11.3 Å². The number of hydrogen-bond acceptors (Lipinski definition) is 3. The molecule has 2 aliphatic rings. The molecule has 2 heterocycles. The summed E-state index contributed by atoms with van der Waals surface area (Å²) in [5.41, 5.74) is 1.57. The fourth-order valence-electron chi connectivity index (χ4n) is 2.77. The number of hydrogen-bond donors (Lipinski definition) is 1. The molecule has 1 fully saturated rings. The lowest BCUT2D eigenvalue weighted by Gasteiger charge is -2.42. The van der Waals surface area contributed by atoms with Crippen LogP contribution in [0.1, 0.15) is 22.9 Å². The highest BCUT2D eigenvalue weighted by Gasteiger charge is 2.34. The first-order valence-corrected chi connectivity index (χ1v) is 6.24. The number of likely N-dealkylation sites (N-methyl/N-ethyl adjacent to an activating group) is 1. The molecule has 2 unspecified atom stereocenters. The molecule has 1 N–H and O–H groups in total. The molecule has 3 rings (SSSR count). The van der Waals surface area contributed by atoms with Gasteiger partial charge in [0.2, 0.25) is 0 Å². The Morgan fingerprint density at radius 3 is 3.43 bits per heavy atom. The summed E-state index contributed by atoms with van der Waals surface area (Å²) in [7, 11) is 2.26. The summed E-state index contributed by atoms with van der Waals surface area (Å²) >= 11 is 1.92. The number of thiophene rings is 1. The predicted octanol–water partition coefficient (Wildman–Crippen LogP) is 1.64. The van der Waals surface area contributed by atoms with Crippen molar-refractivity contribution in [3.05, 3.63) is 21.9 Å². The van der Waals surface area contributed by atoms with Crippen LogP contribution in [0.15, 0.2) is 11.4 Å². The average molecular weight is 208 g/mol. The van der Waals surface area contributed by atoms with Crippen LogP contribution in [0.2, 0.25) is 0 Å². The fraction of sp³-hybridized carbons (Fsp3) is 0.636. The largest absolute Gasteiger partial charge is 0.307 e. The van der Waals surface area contributed by atoms with Crippen molar-refractivity contribution in [2.45, 2.75) is 24.9 Å². The monoisotopic (exact) mass is 208 g/mol. The summed E-state index contributed by atoms with van der Waals surface area (Å²) in [4.78, 5) is 4.12. The van der Waals surface area contributed by atoms with Gasteiger partial charge in [-0.25, -0.2) is 0 Å². The minimum absolute atomic E-state index is 0.601. The Kier molecular flexibility index (Phi) is 2.11. The normalized spacial score (nSPS) is 32.4. The predicted molar refractivity (Wildman–Crippen MR) is 59.8 cm³/mol. The van der Waals surface area contributed by atoms with Gasteiger partial charge in [-0.15, -0.1) is 11.3 Å². The fourth-order valence-corrected chi connectivity index (χ4v) is 3.71. The van der Waals surface area contributed by atoms with E-state index >= 15 is 0 Å². The second-order valence-corrected chi connectivity index (χ2v) is 5.32. The molecular weight excluding hydrogens is 192 g/mol. The summed E-state index contributed by atoms with van der Waals surface area (Å²) in [5, 5.41) is 5.90. The van der Waals surface area contributed by atoms with Gasteiger partial charge in [-0.2, -0.15) is 0 Å². The number of piperazine rings is 1. The minimum Gasteiger partial charge on any atom is -0.307 e. The molecular formula is C11H16N2S. The zero-order valence-electron chi connectivity index (χ0n) is 8.49. The van der Waals surface area contributed by atoms with Crippen LogP contribution in [0.3, 0.4) is 0 Å². The zero-order valence-corrected chi connectivity index (χ0v) is 9.31. The molecule has 1 aliphatic heterocycles. The number of nitrogens with one attached hydrogen (secondary N) is 1. The summed E-state index contributed by atoms with van der Waals surface area (Å²) in [6.07, 6.45) is 2.60. The van der Waals surface area contributed by atoms with E-state index in [1.165, 1.54) is 19.4 Å². The topological polar surface area (TPSA) is 15.3 Å². The first-order chi connectivity index (χ1) is 6.86. The van der Waals surface area contributed by atoms with E-state index in [9.17, 15) is 0 Å². The SMILES string of the molecule is CN1CCNC2c3ccsc3CCC21. The number of rotatable bonds is 0. The van der Waals surface area contributed by atoms with Crippen molar-refractivity contribution in [2.24, 2.45) is 0 Å². The molecule has 3 heteroatoms. The maximum Gasteiger partial charge on any atom is 0.0489 e. The average Bonchev–Trinajstić information content (AvgIpc) is 2.66. The molecule has 2 nitrogen and oxygen atoms in total. The van der Waals surface area contributed by atoms with Gasteiger partial charge in [0.05, 0.1) is 0 Å². The summed E-state index contributed by atoms with van der Waals surface area (Å²) in [5.74, 6) is 0. The standard InChI is InChI=1S/C11H16N2S/c1-13-6-5-12-11-8-4-7-14-10(8)3-2-9(11)13/h4,7,9,11-12H,2-3,5-6H2,1H3. The highest BCUT2D eigenvalue weighted by atomic mass is 32.1. The Labute approximate surface area is 88.9 Å². The summed E-state index contributed by atoms with van der Waals surface area (Å²) in [6.45, 7) is 2.33. The molecule has 0 bridgehead atoms. The van der Waals surface area contributed by atoms with Gasteiger partial charge in [0, 0.05) is 30.1 Å². The van der Waals surface area contributed by atoms with Crippen LogP contribution in [0.4, 0.5) is 0 Å². The van der Waals surface area contributed by atoms with E-state index < -0.39 is 0 Å². The molecule has 0 amide bonds. The molecule has 2 atom stereocenters. The third-order valence-corrected chi connectivity index (χ3v) is 4.56. The lowest BCUT2D eigenvalue weighted by Crippen LogP contribution is -2.52. The Bertz CT molecular complexity index is 334. The van der Waals surface area contributed by atoms with Crippen molar-refractivity contribution < 1.29 is 0 Å². The van der Waals surface area contributed by atoms with Gasteiger partial charge in [-0.1, -0.05) is 0 Å². The van der Waals surface area contributed by atoms with Gasteiger partial charge in [0.15, 0.2) is 0 Å². The van der Waals surface area contributed by atoms with Crippen molar-refractivity contribution in [3.63, 3.8) is 0 Å². The maximum absolute atomic E-state index is 3.66. The van der Waals surface area contributed by atoms with Gasteiger partial charge < -0.3 is 10.2 Å². The second-order valence-electron chi connectivity index (χ2n) is 4.32. The van der Waals surface area contributed by atoms with Crippen LogP contribution in [-0.4, -0.2) is 31.1 Å². The van der Waals surface area contributed by atoms with Gasteiger partial charge in [0.25, 0.3) is 0 Å². The quantitative estimate of drug-likeness (QED) is 0.697. The Morgan fingerprint density at radius 1 is 1.57 bits per heavy atom. The first kappa shape index (κ1) is 8.89. The number of aryl methyl sites for hydroxylation is 1. The molecule has 0 saturated carbocycles. The van der Waals surface area contributed by atoms with E-state index in [0.29, 0.717) is 6.04 Å². The first-order valence-electron chi connectivity index (χ1n) is 5.36. The third kappa shape index (κ3) is 1.23. The molecule has 1 saturated heterocycles. The zero-order chi connectivity index (χ0) is 9.54. The van der Waals surface area contributed by atoms with Crippen LogP contribution in [0.25, 0.3) is 0 Å². The third-order valence-electron chi connectivity index (χ3n) is 3.56. The minimum atomic E-state index is 0.601. The molecule has 0 radical (unpaired) electrons. The van der Waals surface area contributed by atoms with Gasteiger partial charge in [-0.3, -0.25) is 0 Å². The summed E-state index contributed by atoms with van der Waals surface area (Å²) in [6, 6.07) is 3.64. The van der Waals surface area contributed by atoms with E-state index in [4.69, 9.17) is 0 Å². The van der Waals surface area contributed by atoms with Crippen molar-refractivity contribution >= 4 is 11.3 Å². The lowest BCUT2D eigenvalue weighted by molar-refractivity contribution is 0.135. The Balaban J connectivity index is 1.96. The van der Waals surface area contributed by atoms with Crippen LogP contribution in [-0.2, 0) is 6.42 Å². The highest BCUT2D eigenvalue weighted by Crippen LogP contribution is 2.36. The molecule has 14 heavy (non-hydrogen) atoms. The van der Waals surface area contributed by atoms with E-state index in [-0.39, 0.29) is 0 Å². The van der Waals surface area contributed by atoms with Crippen LogP contribution in [0, 0.1) is 0 Å². The Hall–Kier alpha value is -0.380. The van der Waals surface area contributed by atoms with E-state index in [0.717, 1.165) is 12.6 Å². The Morgan fingerprint density at radius 2 is 2.50 bits per heavy atom. The smallest absolute Gasteiger partial charge is 0.0489 e. The second kappa shape index (κ2) is 3.33. The number of nitrogens with zero attached hydrogens (tertiary/aromatic N) is 1. The van der Waals surface area contributed by atoms with Crippen LogP contribution in [0.5, 0.6) is 0 Å². The van der Waals surface area contributed by atoms with Gasteiger partial charge in [0.1, 0.15) is 0 Å². The van der Waals surface area contributed by atoms with Gasteiger partial charge >= 0.3 is 0 Å². The van der Waals surface area contributed by atoms with Crippen molar-refractivity contribution in [1.82, 2.24) is 10.2 Å². The van der Waals surface area contributed by atoms with E-state index in [1.807, 2.05) is 11.3 Å². The molecule has 76 valence electrons. The van der Waals surface area contributed by atoms with Crippen molar-refractivity contribution in [3.8, 4) is 0 Å². The van der Waals surface area contributed by atoms with Crippen molar-refractivity contribution in [1.29, 1.82) is 0 Å². The van der Waals surface area contributed by atoms with Crippen molar-refractivity contribution in [2.75, 3.05) is 20.1 Å². The molecule has 0 aromatic carbocycles. The number of fused-ring (bicyclic) bond motifs is 3. The van der Waals surface area contributed by atoms with Gasteiger partial charge in [-0.05, 0) is 36.9 Å². The lowest BCUT2D eigenvalue weighted by atomic mass is 9.87. The summed E-state index contributed by atoms with van der Waals surface area (Å²) < 4.78 is 0.